The van der Waals surface area contributed by atoms with Crippen LogP contribution in [0.3, 0.4) is 0 Å². The van der Waals surface area contributed by atoms with Crippen LogP contribution in [0.25, 0.3) is 0 Å². The van der Waals surface area contributed by atoms with Gasteiger partial charge in [0.15, 0.2) is 0 Å². The highest BCUT2D eigenvalue weighted by Crippen LogP contribution is 2.03. The Hall–Kier alpha value is -0.660. The minimum atomic E-state index is -4.39. The van der Waals surface area contributed by atoms with Gasteiger partial charge in [-0.15, -0.1) is 0 Å². The lowest BCUT2D eigenvalue weighted by atomic mass is 10.3. The molecule has 0 aliphatic carbocycles. The predicted octanol–water partition coefficient (Wildman–Crippen LogP) is -0.493. The summed E-state index contributed by atoms with van der Waals surface area (Å²) in [5, 5.41) is 9.36. The summed E-state index contributed by atoms with van der Waals surface area (Å²) < 4.78 is 28.2. The number of carbonyl (C=O) groups is 1. The van der Waals surface area contributed by atoms with Gasteiger partial charge in [-0.25, -0.2) is 0 Å². The lowest BCUT2D eigenvalue weighted by Gasteiger charge is -2.34. The van der Waals surface area contributed by atoms with E-state index in [0.29, 0.717) is 0 Å². The van der Waals surface area contributed by atoms with Gasteiger partial charge in [-0.1, -0.05) is 0 Å². The smallest absolute Gasteiger partial charge is 0.270 e. The van der Waals surface area contributed by atoms with Gasteiger partial charge in [0.2, 0.25) is 0 Å². The number of hydrogen-bond acceptors (Lipinski definition) is 4. The summed E-state index contributed by atoms with van der Waals surface area (Å²) in [4.78, 5) is 9.36. The lowest BCUT2D eigenvalue weighted by molar-refractivity contribution is -0.921. The summed E-state index contributed by atoms with van der Waals surface area (Å²) in [6.45, 7) is 14.2. The molecule has 0 radical (unpaired) electrons. The first-order valence-corrected chi connectivity index (χ1v) is 7.27. The van der Waals surface area contributed by atoms with E-state index in [1.165, 1.54) is 30.7 Å². The molecule has 0 saturated carbocycles. The number of rotatable bonds is 6. The molecule has 0 aromatic carbocycles. The number of hydrogen-bond donors (Lipinski definition) is 1. The number of aliphatic carboxylic acids is 1. The van der Waals surface area contributed by atoms with Gasteiger partial charge in [0, 0.05) is 0 Å². The zero-order valence-electron chi connectivity index (χ0n) is 11.0. The molecular weight excluding hydrogens is 246 g/mol. The molecule has 1 N–H and O–H groups in total. The maximum absolute atomic E-state index is 9.58. The van der Waals surface area contributed by atoms with Crippen molar-refractivity contribution < 1.29 is 27.4 Å². The van der Waals surface area contributed by atoms with Crippen LogP contribution < -0.4 is 5.11 Å². The van der Waals surface area contributed by atoms with Crippen LogP contribution in [0.1, 0.15) is 27.7 Å². The highest BCUT2D eigenvalue weighted by molar-refractivity contribution is 7.86. The molecule has 0 aromatic heterocycles. The molecule has 6 nitrogen and oxygen atoms in total. The van der Waals surface area contributed by atoms with Gasteiger partial charge in [-0.3, -0.25) is 4.55 Å². The molecule has 0 amide bonds. The summed E-state index contributed by atoms with van der Waals surface area (Å²) in [7, 11) is -4.39. The lowest BCUT2D eigenvalue weighted by Crippen LogP contribution is -2.47. The second-order valence-corrected chi connectivity index (χ2v) is 5.16. The highest BCUT2D eigenvalue weighted by atomic mass is 32.2. The normalized spacial score (nSPS) is 11.6. The van der Waals surface area contributed by atoms with Crippen molar-refractivity contribution in [3.05, 3.63) is 0 Å². The van der Waals surface area contributed by atoms with Crippen LogP contribution in [0.2, 0.25) is 0 Å². The third-order valence-corrected chi connectivity index (χ3v) is 3.58. The van der Waals surface area contributed by atoms with Crippen molar-refractivity contribution in [2.24, 2.45) is 0 Å². The number of carboxylic acids is 1. The van der Waals surface area contributed by atoms with Gasteiger partial charge >= 0.3 is 0 Å². The van der Waals surface area contributed by atoms with Crippen LogP contribution in [0, 0.1) is 0 Å². The van der Waals surface area contributed by atoms with E-state index in [4.69, 9.17) is 4.55 Å². The van der Waals surface area contributed by atoms with Gasteiger partial charge in [0.25, 0.3) is 10.1 Å². The Balaban J connectivity index is 0. The largest absolute Gasteiger partial charge is 0.549 e. The van der Waals surface area contributed by atoms with Gasteiger partial charge < -0.3 is 14.4 Å². The van der Waals surface area contributed by atoms with Crippen molar-refractivity contribution in [3.8, 4) is 0 Å². The Morgan fingerprint density at radius 1 is 1.06 bits per heavy atom. The summed E-state index contributed by atoms with van der Waals surface area (Å²) in [6.07, 6.45) is 0. The molecule has 0 atom stereocenters. The van der Waals surface area contributed by atoms with Gasteiger partial charge in [0.05, 0.1) is 32.1 Å². The van der Waals surface area contributed by atoms with Crippen molar-refractivity contribution in [1.82, 2.24) is 0 Å². The number of nitrogens with zero attached hydrogens (tertiary/aromatic N) is 1. The fourth-order valence-electron chi connectivity index (χ4n) is 1.49. The van der Waals surface area contributed by atoms with Gasteiger partial charge in [0.1, 0.15) is 5.75 Å². The van der Waals surface area contributed by atoms with Gasteiger partial charge in [-0.05, 0) is 27.7 Å². The van der Waals surface area contributed by atoms with Crippen LogP contribution >= 0.6 is 0 Å². The molecule has 0 aromatic rings. The first kappa shape index (κ1) is 18.7. The first-order valence-electron chi connectivity index (χ1n) is 5.66. The fourth-order valence-corrected chi connectivity index (χ4v) is 1.79. The Morgan fingerprint density at radius 3 is 1.35 bits per heavy atom. The summed E-state index contributed by atoms with van der Waals surface area (Å²) in [6, 6.07) is 0. The van der Waals surface area contributed by atoms with Gasteiger partial charge in [-0.2, -0.15) is 8.42 Å². The van der Waals surface area contributed by atoms with E-state index in [1.54, 1.807) is 0 Å². The van der Waals surface area contributed by atoms with Crippen molar-refractivity contribution in [2.75, 3.05) is 31.9 Å². The zero-order chi connectivity index (χ0) is 14.1. The predicted molar refractivity (Wildman–Crippen MR) is 63.8 cm³/mol. The van der Waals surface area contributed by atoms with Crippen LogP contribution in [-0.4, -0.2) is 55.4 Å². The topological polar surface area (TPSA) is 94.5 Å². The minimum absolute atomic E-state index is 1.28. The number of carbonyl (C=O) groups excluding carboxylic acids is 1. The second-order valence-electron chi connectivity index (χ2n) is 3.70. The fraction of sp³-hybridized carbons (Fsp3) is 0.900. The SMILES string of the molecule is CC[N+](CC)(CC)CC.O=C([O-])CS(=O)(=O)O. The van der Waals surface area contributed by atoms with Crippen LogP contribution in [-0.2, 0) is 14.9 Å². The molecule has 0 fully saturated rings. The molecule has 0 aliphatic rings. The molecule has 0 spiro atoms. The average Bonchev–Trinajstić information content (AvgIpc) is 2.19. The summed E-state index contributed by atoms with van der Waals surface area (Å²) in [5.41, 5.74) is 0. The second kappa shape index (κ2) is 8.43. The van der Waals surface area contributed by atoms with Crippen molar-refractivity contribution in [2.45, 2.75) is 27.7 Å². The van der Waals surface area contributed by atoms with E-state index < -0.39 is 21.8 Å². The van der Waals surface area contributed by atoms with Crippen LogP contribution in [0.4, 0.5) is 0 Å². The van der Waals surface area contributed by atoms with Crippen molar-refractivity contribution in [1.29, 1.82) is 0 Å². The van der Waals surface area contributed by atoms with E-state index in [0.717, 1.165) is 0 Å². The van der Waals surface area contributed by atoms with E-state index in [1.807, 2.05) is 0 Å². The third-order valence-electron chi connectivity index (χ3n) is 2.98. The number of quaternary nitrogens is 1. The first-order chi connectivity index (χ1) is 7.66. The summed E-state index contributed by atoms with van der Waals surface area (Å²) >= 11 is 0. The van der Waals surface area contributed by atoms with E-state index in [2.05, 4.69) is 27.7 Å². The minimum Gasteiger partial charge on any atom is -0.549 e. The molecule has 104 valence electrons. The summed E-state index contributed by atoms with van der Waals surface area (Å²) in [5.74, 6) is -3.15. The molecule has 0 saturated heterocycles. The maximum atomic E-state index is 9.58. The van der Waals surface area contributed by atoms with Crippen LogP contribution in [0.15, 0.2) is 0 Å². The zero-order valence-corrected chi connectivity index (χ0v) is 11.8. The Labute approximate surface area is 104 Å². The number of carboxylic acid groups (broad SMARTS) is 1. The van der Waals surface area contributed by atoms with Crippen molar-refractivity contribution >= 4 is 16.1 Å². The van der Waals surface area contributed by atoms with Crippen LogP contribution in [0.5, 0.6) is 0 Å². The quantitative estimate of drug-likeness (QED) is 0.518. The third kappa shape index (κ3) is 10.2. The molecule has 0 bridgehead atoms. The Kier molecular flexibility index (Phi) is 9.28. The molecule has 0 unspecified atom stereocenters. The molecular formula is C10H23NO5S. The van der Waals surface area contributed by atoms with E-state index in [-0.39, 0.29) is 0 Å². The maximum Gasteiger partial charge on any atom is 0.270 e. The molecule has 7 heteroatoms. The highest BCUT2D eigenvalue weighted by Gasteiger charge is 2.16. The molecule has 0 aliphatic heterocycles. The average molecular weight is 269 g/mol. The van der Waals surface area contributed by atoms with E-state index >= 15 is 0 Å². The van der Waals surface area contributed by atoms with E-state index in [9.17, 15) is 18.3 Å². The molecule has 0 heterocycles. The molecule has 0 rings (SSSR count). The monoisotopic (exact) mass is 269 g/mol. The standard InChI is InChI=1S/C8H20N.C2H4O5S/c1-5-9(6-2,7-3)8-4;3-2(4)1-8(5,6)7/h5-8H2,1-4H3;1H2,(H,3,4)(H,5,6,7)/q+1;/p-1. The Bertz CT molecular complexity index is 291. The van der Waals surface area contributed by atoms with Crippen molar-refractivity contribution in [3.63, 3.8) is 0 Å². The molecule has 17 heavy (non-hydrogen) atoms. The Morgan fingerprint density at radius 2 is 1.35 bits per heavy atom.